The highest BCUT2D eigenvalue weighted by molar-refractivity contribution is 5.74. The van der Waals surface area contributed by atoms with Gasteiger partial charge >= 0.3 is 5.97 Å². The summed E-state index contributed by atoms with van der Waals surface area (Å²) in [4.78, 5) is 13.7. The molecule has 0 aromatic heterocycles. The Bertz CT molecular complexity index is 382. The van der Waals surface area contributed by atoms with Crippen LogP contribution in [0.4, 0.5) is 0 Å². The number of unbranched alkanes of at least 4 members (excludes halogenated alkanes) is 1. The Morgan fingerprint density at radius 2 is 2.10 bits per heavy atom. The first kappa shape index (κ1) is 17.0. The number of carboxylic acids is 1. The van der Waals surface area contributed by atoms with Crippen LogP contribution >= 0.6 is 0 Å². The standard InChI is InChI=1S/C16H28N2O2/c1-15(2,12-17)8-5-6-10-18-11-7-9-16(3,4)13(18)14(19)20/h13H,5-11H2,1-4H3,(H,19,20). The van der Waals surface area contributed by atoms with Crippen molar-refractivity contribution >= 4 is 5.97 Å². The lowest BCUT2D eigenvalue weighted by atomic mass is 9.76. The Labute approximate surface area is 122 Å². The van der Waals surface area contributed by atoms with Gasteiger partial charge in [0, 0.05) is 0 Å². The van der Waals surface area contributed by atoms with Crippen LogP contribution in [0.1, 0.15) is 59.8 Å². The highest BCUT2D eigenvalue weighted by Gasteiger charge is 2.41. The van der Waals surface area contributed by atoms with Crippen LogP contribution in [0.15, 0.2) is 0 Å². The van der Waals surface area contributed by atoms with Crippen LogP contribution in [0.2, 0.25) is 0 Å². The second-order valence-corrected chi connectivity index (χ2v) is 7.32. The Hall–Kier alpha value is -1.08. The summed E-state index contributed by atoms with van der Waals surface area (Å²) in [6, 6.07) is 1.94. The van der Waals surface area contributed by atoms with Crippen LogP contribution in [0.5, 0.6) is 0 Å². The molecule has 4 heteroatoms. The minimum atomic E-state index is -0.702. The Balaban J connectivity index is 2.50. The summed E-state index contributed by atoms with van der Waals surface area (Å²) in [6.45, 7) is 9.71. The number of hydrogen-bond donors (Lipinski definition) is 1. The normalized spacial score (nSPS) is 23.2. The fourth-order valence-electron chi connectivity index (χ4n) is 3.17. The average Bonchev–Trinajstić information content (AvgIpc) is 2.33. The molecule has 0 aliphatic carbocycles. The van der Waals surface area contributed by atoms with E-state index in [9.17, 15) is 9.90 Å². The first-order valence-electron chi connectivity index (χ1n) is 7.58. The van der Waals surface area contributed by atoms with E-state index in [2.05, 4.69) is 24.8 Å². The quantitative estimate of drug-likeness (QED) is 0.758. The summed E-state index contributed by atoms with van der Waals surface area (Å²) in [5, 5.41) is 18.5. The molecule has 114 valence electrons. The van der Waals surface area contributed by atoms with Crippen LogP contribution in [0.25, 0.3) is 0 Å². The Kier molecular flexibility index (Phi) is 5.59. The van der Waals surface area contributed by atoms with E-state index >= 15 is 0 Å². The Morgan fingerprint density at radius 3 is 2.65 bits per heavy atom. The zero-order valence-corrected chi connectivity index (χ0v) is 13.3. The van der Waals surface area contributed by atoms with Gasteiger partial charge in [-0.05, 0) is 58.0 Å². The molecule has 20 heavy (non-hydrogen) atoms. The molecule has 1 aliphatic rings. The van der Waals surface area contributed by atoms with Crippen LogP contribution in [-0.4, -0.2) is 35.1 Å². The first-order valence-corrected chi connectivity index (χ1v) is 7.58. The zero-order valence-electron chi connectivity index (χ0n) is 13.3. The molecule has 0 amide bonds. The van der Waals surface area contributed by atoms with Gasteiger partial charge in [-0.3, -0.25) is 9.69 Å². The molecule has 0 saturated carbocycles. The van der Waals surface area contributed by atoms with Gasteiger partial charge in [-0.25, -0.2) is 0 Å². The average molecular weight is 280 g/mol. The molecule has 0 radical (unpaired) electrons. The van der Waals surface area contributed by atoms with E-state index in [4.69, 9.17) is 5.26 Å². The monoisotopic (exact) mass is 280 g/mol. The van der Waals surface area contributed by atoms with E-state index in [1.807, 2.05) is 13.8 Å². The molecule has 0 bridgehead atoms. The number of hydrogen-bond acceptors (Lipinski definition) is 3. The molecule has 0 spiro atoms. The molecule has 1 rings (SSSR count). The third kappa shape index (κ3) is 4.49. The second-order valence-electron chi connectivity index (χ2n) is 7.32. The molecule has 1 unspecified atom stereocenters. The predicted molar refractivity (Wildman–Crippen MR) is 79.3 cm³/mol. The summed E-state index contributed by atoms with van der Waals surface area (Å²) in [6.07, 6.45) is 4.86. The molecule has 1 saturated heterocycles. The van der Waals surface area contributed by atoms with Crippen molar-refractivity contribution in [2.45, 2.75) is 65.8 Å². The van der Waals surface area contributed by atoms with Crippen molar-refractivity contribution in [2.75, 3.05) is 13.1 Å². The van der Waals surface area contributed by atoms with E-state index in [-0.39, 0.29) is 16.9 Å². The van der Waals surface area contributed by atoms with Crippen molar-refractivity contribution < 1.29 is 9.90 Å². The summed E-state index contributed by atoms with van der Waals surface area (Å²) < 4.78 is 0. The van der Waals surface area contributed by atoms with Gasteiger partial charge in [-0.15, -0.1) is 0 Å². The van der Waals surface area contributed by atoms with Gasteiger partial charge in [0.05, 0.1) is 11.5 Å². The number of nitrogens with zero attached hydrogens (tertiary/aromatic N) is 2. The summed E-state index contributed by atoms with van der Waals surface area (Å²) in [7, 11) is 0. The third-order valence-electron chi connectivity index (χ3n) is 4.41. The lowest BCUT2D eigenvalue weighted by molar-refractivity contribution is -0.150. The van der Waals surface area contributed by atoms with E-state index in [0.717, 1.165) is 45.2 Å². The van der Waals surface area contributed by atoms with E-state index in [1.54, 1.807) is 0 Å². The van der Waals surface area contributed by atoms with Gasteiger partial charge in [0.25, 0.3) is 0 Å². The van der Waals surface area contributed by atoms with Crippen molar-refractivity contribution in [1.29, 1.82) is 5.26 Å². The van der Waals surface area contributed by atoms with Gasteiger partial charge in [0.15, 0.2) is 0 Å². The fourth-order valence-corrected chi connectivity index (χ4v) is 3.17. The predicted octanol–water partition coefficient (Wildman–Crippen LogP) is 3.28. The fraction of sp³-hybridized carbons (Fsp3) is 0.875. The summed E-state index contributed by atoms with van der Waals surface area (Å²) >= 11 is 0. The topological polar surface area (TPSA) is 64.3 Å². The molecular formula is C16H28N2O2. The molecule has 1 N–H and O–H groups in total. The van der Waals surface area contributed by atoms with Crippen molar-refractivity contribution in [3.63, 3.8) is 0 Å². The molecule has 0 aromatic rings. The first-order chi connectivity index (χ1) is 9.19. The smallest absolute Gasteiger partial charge is 0.321 e. The van der Waals surface area contributed by atoms with Crippen LogP contribution < -0.4 is 0 Å². The Morgan fingerprint density at radius 1 is 1.45 bits per heavy atom. The second kappa shape index (κ2) is 6.58. The van der Waals surface area contributed by atoms with Gasteiger partial charge in [0.2, 0.25) is 0 Å². The third-order valence-corrected chi connectivity index (χ3v) is 4.41. The van der Waals surface area contributed by atoms with Crippen LogP contribution in [0, 0.1) is 22.2 Å². The molecule has 1 fully saturated rings. The summed E-state index contributed by atoms with van der Waals surface area (Å²) in [5.74, 6) is -0.702. The largest absolute Gasteiger partial charge is 0.480 e. The minimum Gasteiger partial charge on any atom is -0.480 e. The molecule has 1 aliphatic heterocycles. The number of piperidine rings is 1. The molecule has 0 aromatic carbocycles. The molecular weight excluding hydrogens is 252 g/mol. The highest BCUT2D eigenvalue weighted by atomic mass is 16.4. The lowest BCUT2D eigenvalue weighted by Gasteiger charge is -2.44. The van der Waals surface area contributed by atoms with E-state index in [1.165, 1.54) is 0 Å². The van der Waals surface area contributed by atoms with Gasteiger partial charge in [-0.1, -0.05) is 20.3 Å². The van der Waals surface area contributed by atoms with Gasteiger partial charge in [-0.2, -0.15) is 5.26 Å². The zero-order chi connectivity index (χ0) is 15.4. The number of carbonyl (C=O) groups is 1. The van der Waals surface area contributed by atoms with Crippen molar-refractivity contribution in [2.24, 2.45) is 10.8 Å². The van der Waals surface area contributed by atoms with Crippen LogP contribution in [0.3, 0.4) is 0 Å². The number of likely N-dealkylation sites (tertiary alicyclic amines) is 1. The maximum absolute atomic E-state index is 11.5. The maximum Gasteiger partial charge on any atom is 0.321 e. The number of rotatable bonds is 6. The number of carboxylic acid groups (broad SMARTS) is 1. The van der Waals surface area contributed by atoms with Crippen LogP contribution in [-0.2, 0) is 4.79 Å². The van der Waals surface area contributed by atoms with E-state index in [0.29, 0.717) is 0 Å². The number of nitriles is 1. The summed E-state index contributed by atoms with van der Waals surface area (Å²) in [5.41, 5.74) is -0.427. The molecule has 4 nitrogen and oxygen atoms in total. The number of aliphatic carboxylic acids is 1. The highest BCUT2D eigenvalue weighted by Crippen LogP contribution is 2.35. The molecule has 1 heterocycles. The van der Waals surface area contributed by atoms with Gasteiger partial charge in [0.1, 0.15) is 6.04 Å². The SMILES string of the molecule is CC(C)(C#N)CCCCN1CCCC(C)(C)C1C(=O)O. The van der Waals surface area contributed by atoms with Crippen molar-refractivity contribution in [3.05, 3.63) is 0 Å². The minimum absolute atomic E-state index is 0.157. The molecule has 1 atom stereocenters. The lowest BCUT2D eigenvalue weighted by Crippen LogP contribution is -2.54. The van der Waals surface area contributed by atoms with Crippen molar-refractivity contribution in [3.8, 4) is 6.07 Å². The van der Waals surface area contributed by atoms with Gasteiger partial charge < -0.3 is 5.11 Å². The van der Waals surface area contributed by atoms with Crippen molar-refractivity contribution in [1.82, 2.24) is 4.90 Å². The maximum atomic E-state index is 11.5. The van der Waals surface area contributed by atoms with E-state index < -0.39 is 5.97 Å².